The summed E-state index contributed by atoms with van der Waals surface area (Å²) in [6, 6.07) is 11.0. The first-order valence-electron chi connectivity index (χ1n) is 22.5. The van der Waals surface area contributed by atoms with E-state index in [0.717, 1.165) is 97.1 Å². The molecular formula is C46H59BBrCl4N11O3S. The number of hydrogen-bond donors (Lipinski definition) is 5. The van der Waals surface area contributed by atoms with Gasteiger partial charge in [0.1, 0.15) is 5.65 Å². The first-order valence-corrected chi connectivity index (χ1v) is 25.9. The Morgan fingerprint density at radius 3 is 1.87 bits per heavy atom. The third-order valence-electron chi connectivity index (χ3n) is 14.0. The monoisotopic (exact) mass is 1080 g/mol. The number of anilines is 2. The molecule has 3 atom stereocenters. The van der Waals surface area contributed by atoms with Gasteiger partial charge in [0.05, 0.1) is 40.3 Å². The molecule has 4 fully saturated rings. The number of rotatable bonds is 6. The number of hydrogen-bond acceptors (Lipinski definition) is 11. The lowest BCUT2D eigenvalue weighted by atomic mass is 9.74. The Kier molecular flexibility index (Phi) is 16.6. The molecule has 21 heteroatoms. The zero-order valence-corrected chi connectivity index (χ0v) is 43.4. The highest BCUT2D eigenvalue weighted by Crippen LogP contribution is 2.48. The van der Waals surface area contributed by atoms with Gasteiger partial charge in [0.2, 0.25) is 11.9 Å². The van der Waals surface area contributed by atoms with Crippen LogP contribution in [0.1, 0.15) is 85.0 Å². The van der Waals surface area contributed by atoms with Gasteiger partial charge < -0.3 is 31.7 Å². The van der Waals surface area contributed by atoms with E-state index in [2.05, 4.69) is 54.2 Å². The second kappa shape index (κ2) is 21.5. The Bertz CT molecular complexity index is 2690. The van der Waals surface area contributed by atoms with Crippen molar-refractivity contribution in [3.63, 3.8) is 0 Å². The highest BCUT2D eigenvalue weighted by Gasteiger charge is 2.47. The van der Waals surface area contributed by atoms with Crippen LogP contribution in [0.4, 0.5) is 11.9 Å². The largest absolute Gasteiger partial charge is 0.490 e. The summed E-state index contributed by atoms with van der Waals surface area (Å²) >= 11 is 27.4. The fourth-order valence-corrected chi connectivity index (χ4v) is 12.4. The van der Waals surface area contributed by atoms with Crippen LogP contribution >= 0.6 is 62.3 Å². The number of imidazole rings is 2. The molecule has 2 aliphatic carbocycles. The van der Waals surface area contributed by atoms with Crippen molar-refractivity contribution >= 4 is 109 Å². The number of halogens is 5. The average molecular weight is 1080 g/mol. The molecule has 4 aliphatic rings. The molecule has 0 bridgehead atoms. The zero-order valence-electron chi connectivity index (χ0n) is 38.0. The van der Waals surface area contributed by atoms with Crippen molar-refractivity contribution in [3.05, 3.63) is 98.1 Å². The Balaban J connectivity index is 0.000000161. The van der Waals surface area contributed by atoms with Crippen LogP contribution in [0, 0.1) is 10.8 Å². The van der Waals surface area contributed by atoms with Crippen LogP contribution in [0.25, 0.3) is 22.4 Å². The van der Waals surface area contributed by atoms with Crippen LogP contribution in [0.3, 0.4) is 0 Å². The van der Waals surface area contributed by atoms with Crippen LogP contribution in [-0.4, -0.2) is 93.1 Å². The summed E-state index contributed by atoms with van der Waals surface area (Å²) < 4.78 is 20.9. The maximum Gasteiger partial charge on any atom is 0.490 e. The molecule has 2 aromatic carbocycles. The van der Waals surface area contributed by atoms with Gasteiger partial charge in [-0.05, 0) is 111 Å². The van der Waals surface area contributed by atoms with Crippen LogP contribution < -0.4 is 31.9 Å². The lowest BCUT2D eigenvalue weighted by molar-refractivity contribution is 0.187. The Labute approximate surface area is 423 Å². The van der Waals surface area contributed by atoms with Crippen LogP contribution in [0.15, 0.2) is 78.1 Å². The summed E-state index contributed by atoms with van der Waals surface area (Å²) in [6.07, 6.45) is 23.0. The van der Waals surface area contributed by atoms with E-state index < -0.39 is 18.1 Å². The van der Waals surface area contributed by atoms with E-state index in [4.69, 9.17) is 67.2 Å². The van der Waals surface area contributed by atoms with Crippen molar-refractivity contribution in [2.24, 2.45) is 16.6 Å². The van der Waals surface area contributed by atoms with Crippen LogP contribution in [0.2, 0.25) is 20.1 Å². The summed E-state index contributed by atoms with van der Waals surface area (Å²) in [5.74, 6) is 1.89. The predicted octanol–water partition coefficient (Wildman–Crippen LogP) is 9.32. The molecule has 14 nitrogen and oxygen atoms in total. The number of benzene rings is 2. The fourth-order valence-electron chi connectivity index (χ4n) is 10.2. The number of nitrogens with two attached hydrogens (primary N) is 1. The molecule has 6 aromatic rings. The molecule has 6 heterocycles. The van der Waals surface area contributed by atoms with Gasteiger partial charge in [-0.1, -0.05) is 83.5 Å². The maximum atomic E-state index is 12.6. The Morgan fingerprint density at radius 2 is 1.28 bits per heavy atom. The van der Waals surface area contributed by atoms with E-state index in [0.29, 0.717) is 32.6 Å². The highest BCUT2D eigenvalue weighted by atomic mass is 79.9. The average Bonchev–Trinajstić information content (AvgIpc) is 4.13. The van der Waals surface area contributed by atoms with Crippen molar-refractivity contribution < 1.29 is 14.3 Å². The van der Waals surface area contributed by atoms with E-state index in [1.807, 2.05) is 63.9 Å². The molecule has 10 rings (SSSR count). The van der Waals surface area contributed by atoms with Crippen molar-refractivity contribution in [1.82, 2.24) is 39.6 Å². The number of fused-ring (bicyclic) bond motifs is 2. The van der Waals surface area contributed by atoms with Gasteiger partial charge in [-0.2, -0.15) is 0 Å². The van der Waals surface area contributed by atoms with Gasteiger partial charge in [-0.25, -0.2) is 28.9 Å². The number of piperidine rings is 2. The minimum absolute atomic E-state index is 0. The summed E-state index contributed by atoms with van der Waals surface area (Å²) in [7, 11) is -2.58. The summed E-state index contributed by atoms with van der Waals surface area (Å²) in [4.78, 5) is 23.2. The van der Waals surface area contributed by atoms with Gasteiger partial charge in [0, 0.05) is 92.0 Å². The van der Waals surface area contributed by atoms with Gasteiger partial charge in [-0.3, -0.25) is 8.80 Å². The van der Waals surface area contributed by atoms with E-state index in [9.17, 15) is 4.21 Å². The first kappa shape index (κ1) is 51.8. The molecule has 360 valence electrons. The van der Waals surface area contributed by atoms with E-state index in [1.54, 1.807) is 24.4 Å². The van der Waals surface area contributed by atoms with Crippen molar-refractivity contribution in [2.45, 2.75) is 102 Å². The van der Waals surface area contributed by atoms with Crippen molar-refractivity contribution in [1.29, 1.82) is 0 Å². The second-order valence-electron chi connectivity index (χ2n) is 18.9. The summed E-state index contributed by atoms with van der Waals surface area (Å²) in [5.41, 5.74) is 10.7. The number of aromatic nitrogens is 6. The number of nitrogens with zero attached hydrogens (tertiary/aromatic N) is 8. The Hall–Kier alpha value is -3.07. The predicted molar refractivity (Wildman–Crippen MR) is 279 cm³/mol. The van der Waals surface area contributed by atoms with E-state index in [-0.39, 0.29) is 26.8 Å². The quantitative estimate of drug-likeness (QED) is 0.0997. The molecule has 67 heavy (non-hydrogen) atoms. The molecule has 2 saturated heterocycles. The standard InChI is InChI=1S/C21H23Cl2N5.C19H28BrN5OS.C6H5BCl2O2.H3N/c22-16-4-1-3-14(18(16)23)15-13-26-20(28-12-9-25-19(15)28)27-10-7-21(8-11-27)6-2-5-17(21)24;1-18(2,3)27(26)23-15-5-4-6-19(15)7-10-24(11-8-19)17-22-13-14(20)16-21-9-12-25(16)17;8-5-3-1-2-4(6(5)9)7(10)11;/h1,3-4,9,12-13,17H,2,5-8,10-11,24H2;9,12-13,15,23H,4-8,10-11H2,1-3H3;1-3,10-11H;1H3/t17-;15-,27-;;/m11../s1. The van der Waals surface area contributed by atoms with Crippen molar-refractivity contribution in [2.75, 3.05) is 36.0 Å². The molecular weight excluding hydrogens is 1020 g/mol. The SMILES string of the molecule is CC(C)(C)[S@@](=O)N[C@@H]1CCCC12CCN(c1ncc(Br)c3nccn13)CC2.N.N[C@@H]1CCCC12CCN(c1ncc(-c3cccc(Cl)c3Cl)c3nccn13)CC2.OB(O)c1cccc(Cl)c1Cl. The summed E-state index contributed by atoms with van der Waals surface area (Å²) in [5, 5.41) is 19.0. The third kappa shape index (κ3) is 10.8. The first-order chi connectivity index (χ1) is 31.5. The molecule has 2 saturated carbocycles. The molecule has 0 unspecified atom stereocenters. The smallest absolute Gasteiger partial charge is 0.423 e. The van der Waals surface area contributed by atoms with Crippen molar-refractivity contribution in [3.8, 4) is 11.1 Å². The van der Waals surface area contributed by atoms with E-state index >= 15 is 0 Å². The Morgan fingerprint density at radius 1 is 0.746 bits per heavy atom. The zero-order chi connectivity index (χ0) is 47.0. The normalized spacial score (nSPS) is 20.3. The van der Waals surface area contributed by atoms with E-state index in [1.165, 1.54) is 38.2 Å². The topological polar surface area (TPSA) is 197 Å². The van der Waals surface area contributed by atoms with Crippen LogP contribution in [0.5, 0.6) is 0 Å². The second-order valence-corrected chi connectivity index (χ2v) is 23.3. The minimum atomic E-state index is -1.57. The van der Waals surface area contributed by atoms with Gasteiger partial charge in [0.25, 0.3) is 0 Å². The fraction of sp³-hybridized carbons (Fsp3) is 0.478. The lowest BCUT2D eigenvalue weighted by Gasteiger charge is -2.44. The third-order valence-corrected chi connectivity index (χ3v) is 17.9. The molecule has 8 N–H and O–H groups in total. The lowest BCUT2D eigenvalue weighted by Crippen LogP contribution is -2.51. The molecule has 4 aromatic heterocycles. The van der Waals surface area contributed by atoms with Crippen LogP contribution in [-0.2, 0) is 11.0 Å². The number of nitrogens with one attached hydrogen (secondary N) is 1. The minimum Gasteiger partial charge on any atom is -0.423 e. The molecule has 2 spiro atoms. The maximum absolute atomic E-state index is 12.6. The van der Waals surface area contributed by atoms with Gasteiger partial charge >= 0.3 is 7.12 Å². The van der Waals surface area contributed by atoms with Gasteiger partial charge in [0.15, 0.2) is 5.65 Å². The molecule has 0 radical (unpaired) electrons. The molecule has 0 amide bonds. The highest BCUT2D eigenvalue weighted by molar-refractivity contribution is 9.10. The van der Waals surface area contributed by atoms with Gasteiger partial charge in [-0.15, -0.1) is 0 Å². The summed E-state index contributed by atoms with van der Waals surface area (Å²) in [6.45, 7) is 10.0. The molecule has 2 aliphatic heterocycles.